The number of rotatable bonds is 6. The molecule has 0 bridgehead atoms. The van der Waals surface area contributed by atoms with Crippen LogP contribution in [0.1, 0.15) is 37.0 Å². The molecule has 1 heterocycles. The van der Waals surface area contributed by atoms with Crippen LogP contribution in [-0.2, 0) is 17.8 Å². The third-order valence-corrected chi connectivity index (χ3v) is 2.78. The molecule has 0 fully saturated rings. The number of aromatic carboxylic acids is 1. The van der Waals surface area contributed by atoms with Crippen LogP contribution in [0.2, 0.25) is 0 Å². The highest BCUT2D eigenvalue weighted by Gasteiger charge is 2.20. The van der Waals surface area contributed by atoms with Crippen LogP contribution in [0.4, 0.5) is 0 Å². The molecule has 0 aliphatic rings. The minimum absolute atomic E-state index is 0.0329. The van der Waals surface area contributed by atoms with Crippen LogP contribution in [-0.4, -0.2) is 50.0 Å². The number of nitrogens with zero attached hydrogens (tertiary/aromatic N) is 4. The fourth-order valence-electron chi connectivity index (χ4n) is 1.78. The van der Waals surface area contributed by atoms with Gasteiger partial charge in [-0.05, 0) is 20.3 Å². The van der Waals surface area contributed by atoms with Crippen LogP contribution in [0.3, 0.4) is 0 Å². The van der Waals surface area contributed by atoms with Crippen LogP contribution in [0.15, 0.2) is 0 Å². The van der Waals surface area contributed by atoms with E-state index < -0.39 is 5.97 Å². The van der Waals surface area contributed by atoms with E-state index >= 15 is 0 Å². The van der Waals surface area contributed by atoms with Crippen molar-refractivity contribution >= 4 is 11.9 Å². The number of carboxylic acids is 1. The molecule has 0 atom stereocenters. The fraction of sp³-hybridized carbons (Fsp3) is 0.636. The Hall–Kier alpha value is -1.92. The van der Waals surface area contributed by atoms with Crippen LogP contribution >= 0.6 is 0 Å². The quantitative estimate of drug-likeness (QED) is 0.794. The summed E-state index contributed by atoms with van der Waals surface area (Å²) in [5, 5.41) is 16.3. The van der Waals surface area contributed by atoms with Gasteiger partial charge in [0.25, 0.3) is 0 Å². The summed E-state index contributed by atoms with van der Waals surface area (Å²) in [5.74, 6) is -1.20. The number of amides is 1. The molecule has 100 valence electrons. The molecule has 1 rings (SSSR count). The molecule has 18 heavy (non-hydrogen) atoms. The number of hydrogen-bond acceptors (Lipinski definition) is 4. The fourth-order valence-corrected chi connectivity index (χ4v) is 1.78. The Morgan fingerprint density at radius 3 is 2.33 bits per heavy atom. The van der Waals surface area contributed by atoms with Gasteiger partial charge in [-0.2, -0.15) is 0 Å². The monoisotopic (exact) mass is 254 g/mol. The van der Waals surface area contributed by atoms with E-state index in [0.29, 0.717) is 25.2 Å². The predicted octanol–water partition coefficient (Wildman–Crippen LogP) is 0.407. The normalized spacial score (nSPS) is 10.4. The van der Waals surface area contributed by atoms with Crippen molar-refractivity contribution in [1.82, 2.24) is 19.9 Å². The number of carbonyl (C=O) groups is 2. The van der Waals surface area contributed by atoms with Crippen LogP contribution < -0.4 is 0 Å². The molecule has 1 N–H and O–H groups in total. The summed E-state index contributed by atoms with van der Waals surface area (Å²) in [6, 6.07) is 0. The van der Waals surface area contributed by atoms with Crippen LogP contribution in [0, 0.1) is 0 Å². The van der Waals surface area contributed by atoms with Gasteiger partial charge in [0.2, 0.25) is 5.91 Å². The van der Waals surface area contributed by atoms with E-state index in [1.807, 2.05) is 20.8 Å². The third-order valence-electron chi connectivity index (χ3n) is 2.78. The smallest absolute Gasteiger partial charge is 0.358 e. The molecule has 0 aromatic carbocycles. The van der Waals surface area contributed by atoms with Crippen molar-refractivity contribution in [2.24, 2.45) is 0 Å². The zero-order valence-corrected chi connectivity index (χ0v) is 10.9. The third kappa shape index (κ3) is 2.85. The van der Waals surface area contributed by atoms with Gasteiger partial charge in [0.1, 0.15) is 6.54 Å². The van der Waals surface area contributed by atoms with Gasteiger partial charge in [-0.1, -0.05) is 12.1 Å². The van der Waals surface area contributed by atoms with Gasteiger partial charge < -0.3 is 10.0 Å². The lowest BCUT2D eigenvalue weighted by atomic mass is 10.2. The van der Waals surface area contributed by atoms with E-state index in [2.05, 4.69) is 10.3 Å². The first-order valence-corrected chi connectivity index (χ1v) is 5.98. The molecule has 1 amide bonds. The number of carboxylic acid groups (broad SMARTS) is 1. The lowest BCUT2D eigenvalue weighted by molar-refractivity contribution is -0.131. The summed E-state index contributed by atoms with van der Waals surface area (Å²) in [6.45, 7) is 6.88. The van der Waals surface area contributed by atoms with Gasteiger partial charge >= 0.3 is 5.97 Å². The second-order valence-electron chi connectivity index (χ2n) is 3.77. The van der Waals surface area contributed by atoms with E-state index in [9.17, 15) is 9.59 Å². The van der Waals surface area contributed by atoms with Gasteiger partial charge in [-0.25, -0.2) is 9.48 Å². The SMILES string of the molecule is CCc1c(C(=O)O)nnn1CC(=O)N(CC)CC. The summed E-state index contributed by atoms with van der Waals surface area (Å²) >= 11 is 0. The van der Waals surface area contributed by atoms with Crippen molar-refractivity contribution in [2.45, 2.75) is 33.7 Å². The van der Waals surface area contributed by atoms with Crippen LogP contribution in [0.25, 0.3) is 0 Å². The van der Waals surface area contributed by atoms with Gasteiger partial charge in [0.05, 0.1) is 5.69 Å². The first-order chi connectivity index (χ1) is 8.54. The summed E-state index contributed by atoms with van der Waals surface area (Å²) in [5.41, 5.74) is 0.396. The zero-order valence-electron chi connectivity index (χ0n) is 10.9. The van der Waals surface area contributed by atoms with E-state index in [0.717, 1.165) is 0 Å². The standard InChI is InChI=1S/C11H18N4O3/c1-4-8-10(11(17)18)12-13-15(8)7-9(16)14(5-2)6-3/h4-7H2,1-3H3,(H,17,18). The maximum absolute atomic E-state index is 11.9. The van der Waals surface area contributed by atoms with Crippen molar-refractivity contribution in [3.63, 3.8) is 0 Å². The highest BCUT2D eigenvalue weighted by atomic mass is 16.4. The van der Waals surface area contributed by atoms with Crippen molar-refractivity contribution in [3.05, 3.63) is 11.4 Å². The zero-order chi connectivity index (χ0) is 13.7. The second kappa shape index (κ2) is 6.13. The predicted molar refractivity (Wildman–Crippen MR) is 64.3 cm³/mol. The molecule has 0 saturated heterocycles. The minimum atomic E-state index is -1.12. The number of carbonyl (C=O) groups excluding carboxylic acids is 1. The maximum Gasteiger partial charge on any atom is 0.358 e. The number of hydrogen-bond donors (Lipinski definition) is 1. The molecular formula is C11H18N4O3. The molecule has 1 aromatic rings. The largest absolute Gasteiger partial charge is 0.476 e. The van der Waals surface area contributed by atoms with E-state index in [-0.39, 0.29) is 18.1 Å². The van der Waals surface area contributed by atoms with E-state index in [1.165, 1.54) is 4.68 Å². The van der Waals surface area contributed by atoms with Gasteiger partial charge in [0.15, 0.2) is 5.69 Å². The number of aromatic nitrogens is 3. The molecule has 0 aliphatic carbocycles. The highest BCUT2D eigenvalue weighted by Crippen LogP contribution is 2.07. The maximum atomic E-state index is 11.9. The van der Waals surface area contributed by atoms with Gasteiger partial charge in [-0.15, -0.1) is 5.10 Å². The second-order valence-corrected chi connectivity index (χ2v) is 3.77. The lowest BCUT2D eigenvalue weighted by Crippen LogP contribution is -2.34. The average Bonchev–Trinajstić information content (AvgIpc) is 2.73. The van der Waals surface area contributed by atoms with Crippen molar-refractivity contribution < 1.29 is 14.7 Å². The van der Waals surface area contributed by atoms with Crippen molar-refractivity contribution in [1.29, 1.82) is 0 Å². The van der Waals surface area contributed by atoms with Crippen LogP contribution in [0.5, 0.6) is 0 Å². The first kappa shape index (κ1) is 14.1. The average molecular weight is 254 g/mol. The molecule has 0 saturated carbocycles. The summed E-state index contributed by atoms with van der Waals surface area (Å²) < 4.78 is 1.37. The molecule has 0 radical (unpaired) electrons. The Morgan fingerprint density at radius 1 is 1.28 bits per heavy atom. The van der Waals surface area contributed by atoms with Crippen molar-refractivity contribution in [3.8, 4) is 0 Å². The van der Waals surface area contributed by atoms with Gasteiger partial charge in [0, 0.05) is 13.1 Å². The van der Waals surface area contributed by atoms with Crippen molar-refractivity contribution in [2.75, 3.05) is 13.1 Å². The Balaban J connectivity index is 2.91. The minimum Gasteiger partial charge on any atom is -0.476 e. The number of likely N-dealkylation sites (N-methyl/N-ethyl adjacent to an activating group) is 1. The molecule has 0 unspecified atom stereocenters. The highest BCUT2D eigenvalue weighted by molar-refractivity contribution is 5.86. The molecule has 1 aromatic heterocycles. The Morgan fingerprint density at radius 2 is 1.89 bits per heavy atom. The lowest BCUT2D eigenvalue weighted by Gasteiger charge is -2.18. The summed E-state index contributed by atoms with van der Waals surface area (Å²) in [7, 11) is 0. The first-order valence-electron chi connectivity index (χ1n) is 5.98. The molecule has 7 nitrogen and oxygen atoms in total. The van der Waals surface area contributed by atoms with E-state index in [4.69, 9.17) is 5.11 Å². The Labute approximate surface area is 105 Å². The summed E-state index contributed by atoms with van der Waals surface area (Å²) in [6.07, 6.45) is 0.472. The topological polar surface area (TPSA) is 88.3 Å². The molecule has 7 heteroatoms. The van der Waals surface area contributed by atoms with E-state index in [1.54, 1.807) is 4.90 Å². The summed E-state index contributed by atoms with van der Waals surface area (Å²) in [4.78, 5) is 24.5. The van der Waals surface area contributed by atoms with Gasteiger partial charge in [-0.3, -0.25) is 4.79 Å². The molecule has 0 aliphatic heterocycles. The molecule has 0 spiro atoms. The Kier molecular flexibility index (Phi) is 4.82. The Bertz CT molecular complexity index is 437. The molecular weight excluding hydrogens is 236 g/mol.